The van der Waals surface area contributed by atoms with Gasteiger partial charge < -0.3 is 16.4 Å². The summed E-state index contributed by atoms with van der Waals surface area (Å²) in [6.45, 7) is 0.426. The van der Waals surface area contributed by atoms with Crippen molar-refractivity contribution in [3.8, 4) is 11.3 Å². The Labute approximate surface area is 139 Å². The number of nitrogens with one attached hydrogen (secondary N) is 2. The first-order chi connectivity index (χ1) is 11.6. The van der Waals surface area contributed by atoms with Gasteiger partial charge in [-0.15, -0.1) is 0 Å². The van der Waals surface area contributed by atoms with E-state index in [2.05, 4.69) is 25.7 Å². The van der Waals surface area contributed by atoms with Crippen molar-refractivity contribution in [2.75, 3.05) is 5.32 Å². The van der Waals surface area contributed by atoms with Gasteiger partial charge in [0.2, 0.25) is 5.95 Å². The third kappa shape index (κ3) is 2.62. The van der Waals surface area contributed by atoms with Crippen LogP contribution in [0, 0.1) is 0 Å². The Hall–Kier alpha value is -2.48. The number of nitrogens with zero attached hydrogens (tertiary/aromatic N) is 4. The molecule has 126 valence electrons. The zero-order valence-corrected chi connectivity index (χ0v) is 13.6. The van der Waals surface area contributed by atoms with Crippen LogP contribution in [-0.4, -0.2) is 37.7 Å². The number of aryl methyl sites for hydroxylation is 1. The molecular weight excluding hydrogens is 306 g/mol. The lowest BCUT2D eigenvalue weighted by atomic mass is 9.91. The van der Waals surface area contributed by atoms with Gasteiger partial charge in [0.05, 0.1) is 29.7 Å². The normalized spacial score (nSPS) is 23.0. The van der Waals surface area contributed by atoms with Crippen LogP contribution in [0.3, 0.4) is 0 Å². The quantitative estimate of drug-likeness (QED) is 0.769. The largest absolute Gasteiger partial charge is 0.350 e. The van der Waals surface area contributed by atoms with Crippen molar-refractivity contribution < 1.29 is 4.79 Å². The molecule has 1 amide bonds. The van der Waals surface area contributed by atoms with Crippen LogP contribution in [0.1, 0.15) is 41.7 Å². The van der Waals surface area contributed by atoms with Crippen LogP contribution in [0.15, 0.2) is 12.4 Å². The first-order valence-electron chi connectivity index (χ1n) is 8.32. The predicted molar refractivity (Wildman–Crippen MR) is 89.3 cm³/mol. The van der Waals surface area contributed by atoms with Crippen molar-refractivity contribution in [2.24, 2.45) is 12.8 Å². The summed E-state index contributed by atoms with van der Waals surface area (Å²) in [5.74, 6) is 0.399. The van der Waals surface area contributed by atoms with E-state index in [-0.39, 0.29) is 18.0 Å². The molecule has 24 heavy (non-hydrogen) atoms. The van der Waals surface area contributed by atoms with Gasteiger partial charge in [-0.05, 0) is 12.8 Å². The molecule has 1 aliphatic carbocycles. The maximum absolute atomic E-state index is 12.2. The molecule has 0 aromatic carbocycles. The standard InChI is InChI=1S/C16H21N7O/c1-23-8-9(6-19-23)14-13-12(7-18-15(13)24)21-16(22-14)20-11-5-3-2-4-10(11)17/h6,8,10-11H,2-5,7,17H2,1H3,(H,18,24)(H,20,21,22)/t10-,11+/m0/s1. The molecule has 2 aromatic rings. The van der Waals surface area contributed by atoms with Crippen molar-refractivity contribution in [3.63, 3.8) is 0 Å². The second kappa shape index (κ2) is 5.86. The highest BCUT2D eigenvalue weighted by molar-refractivity contribution is 6.03. The van der Waals surface area contributed by atoms with Crippen LogP contribution in [-0.2, 0) is 13.6 Å². The molecule has 0 bridgehead atoms. The lowest BCUT2D eigenvalue weighted by molar-refractivity contribution is 0.0966. The summed E-state index contributed by atoms with van der Waals surface area (Å²) in [5.41, 5.74) is 8.91. The molecule has 1 saturated carbocycles. The molecule has 0 unspecified atom stereocenters. The number of hydrogen-bond acceptors (Lipinski definition) is 6. The zero-order chi connectivity index (χ0) is 16.7. The highest BCUT2D eigenvalue weighted by Crippen LogP contribution is 2.28. The molecule has 1 fully saturated rings. The summed E-state index contributed by atoms with van der Waals surface area (Å²) >= 11 is 0. The van der Waals surface area contributed by atoms with Gasteiger partial charge in [0.25, 0.3) is 5.91 Å². The minimum Gasteiger partial charge on any atom is -0.350 e. The Morgan fingerprint density at radius 2 is 2.17 bits per heavy atom. The minimum absolute atomic E-state index is 0.109. The van der Waals surface area contributed by atoms with Crippen LogP contribution in [0.25, 0.3) is 11.3 Å². The van der Waals surface area contributed by atoms with E-state index in [1.807, 2.05) is 13.2 Å². The van der Waals surface area contributed by atoms with E-state index in [0.29, 0.717) is 23.8 Å². The van der Waals surface area contributed by atoms with E-state index >= 15 is 0 Å². The summed E-state index contributed by atoms with van der Waals surface area (Å²) in [6.07, 6.45) is 7.92. The number of aromatic nitrogens is 4. The number of carbonyl (C=O) groups excluding carboxylic acids is 1. The highest BCUT2D eigenvalue weighted by atomic mass is 16.1. The molecular formula is C16H21N7O. The van der Waals surface area contributed by atoms with E-state index in [9.17, 15) is 4.79 Å². The average molecular weight is 327 g/mol. The molecule has 8 nitrogen and oxygen atoms in total. The fraction of sp³-hybridized carbons (Fsp3) is 0.500. The molecule has 4 rings (SSSR count). The number of anilines is 1. The number of nitrogens with two attached hydrogens (primary N) is 1. The predicted octanol–water partition coefficient (Wildman–Crippen LogP) is 0.802. The Balaban J connectivity index is 1.72. The molecule has 0 saturated heterocycles. The van der Waals surface area contributed by atoms with Crippen LogP contribution in [0.2, 0.25) is 0 Å². The van der Waals surface area contributed by atoms with Crippen molar-refractivity contribution in [1.82, 2.24) is 25.1 Å². The van der Waals surface area contributed by atoms with Gasteiger partial charge in [-0.3, -0.25) is 9.48 Å². The fourth-order valence-electron chi connectivity index (χ4n) is 3.45. The maximum Gasteiger partial charge on any atom is 0.255 e. The Kier molecular flexibility index (Phi) is 3.68. The molecule has 3 heterocycles. The SMILES string of the molecule is Cn1cc(-c2nc(N[C@@H]3CCCC[C@@H]3N)nc3c2C(=O)NC3)cn1. The second-order valence-electron chi connectivity index (χ2n) is 6.50. The van der Waals surface area contributed by atoms with Crippen molar-refractivity contribution in [1.29, 1.82) is 0 Å². The lowest BCUT2D eigenvalue weighted by Gasteiger charge is -2.29. The molecule has 4 N–H and O–H groups in total. The Morgan fingerprint density at radius 1 is 1.33 bits per heavy atom. The molecule has 8 heteroatoms. The van der Waals surface area contributed by atoms with E-state index in [1.54, 1.807) is 10.9 Å². The van der Waals surface area contributed by atoms with E-state index < -0.39 is 0 Å². The van der Waals surface area contributed by atoms with Crippen molar-refractivity contribution >= 4 is 11.9 Å². The highest BCUT2D eigenvalue weighted by Gasteiger charge is 2.29. The first-order valence-corrected chi connectivity index (χ1v) is 8.32. The van der Waals surface area contributed by atoms with Crippen LogP contribution in [0.4, 0.5) is 5.95 Å². The summed E-state index contributed by atoms with van der Waals surface area (Å²) in [5, 5.41) is 10.4. The third-order valence-electron chi connectivity index (χ3n) is 4.74. The van der Waals surface area contributed by atoms with E-state index in [0.717, 1.165) is 30.5 Å². The van der Waals surface area contributed by atoms with Gasteiger partial charge in [0.15, 0.2) is 0 Å². The number of carbonyl (C=O) groups is 1. The number of rotatable bonds is 3. The number of amides is 1. The van der Waals surface area contributed by atoms with Gasteiger partial charge in [0, 0.05) is 30.9 Å². The topological polar surface area (TPSA) is 111 Å². The van der Waals surface area contributed by atoms with E-state index in [4.69, 9.17) is 5.73 Å². The monoisotopic (exact) mass is 327 g/mol. The Bertz CT molecular complexity index is 785. The molecule has 0 spiro atoms. The molecule has 0 radical (unpaired) electrons. The lowest BCUT2D eigenvalue weighted by Crippen LogP contribution is -2.43. The fourth-order valence-corrected chi connectivity index (χ4v) is 3.45. The molecule has 2 aromatic heterocycles. The number of fused-ring (bicyclic) bond motifs is 1. The van der Waals surface area contributed by atoms with Gasteiger partial charge in [-0.1, -0.05) is 12.8 Å². The maximum atomic E-state index is 12.2. The van der Waals surface area contributed by atoms with E-state index in [1.165, 1.54) is 6.42 Å². The van der Waals surface area contributed by atoms with Gasteiger partial charge in [-0.25, -0.2) is 9.97 Å². The molecule has 2 atom stereocenters. The summed E-state index contributed by atoms with van der Waals surface area (Å²) in [6, 6.07) is 0.279. The second-order valence-corrected chi connectivity index (χ2v) is 6.50. The first kappa shape index (κ1) is 15.1. The number of hydrogen-bond donors (Lipinski definition) is 3. The van der Waals surface area contributed by atoms with Gasteiger partial charge in [0.1, 0.15) is 0 Å². The summed E-state index contributed by atoms with van der Waals surface area (Å²) < 4.78 is 1.70. The van der Waals surface area contributed by atoms with Crippen LogP contribution < -0.4 is 16.4 Å². The molecule has 2 aliphatic rings. The summed E-state index contributed by atoms with van der Waals surface area (Å²) in [7, 11) is 1.84. The molecule has 1 aliphatic heterocycles. The van der Waals surface area contributed by atoms with Crippen molar-refractivity contribution in [2.45, 2.75) is 44.3 Å². The minimum atomic E-state index is -0.134. The van der Waals surface area contributed by atoms with Crippen molar-refractivity contribution in [3.05, 3.63) is 23.7 Å². The summed E-state index contributed by atoms with van der Waals surface area (Å²) in [4.78, 5) is 21.3. The van der Waals surface area contributed by atoms with Crippen LogP contribution >= 0.6 is 0 Å². The zero-order valence-electron chi connectivity index (χ0n) is 13.6. The van der Waals surface area contributed by atoms with Gasteiger partial charge >= 0.3 is 0 Å². The third-order valence-corrected chi connectivity index (χ3v) is 4.74. The average Bonchev–Trinajstić information content (AvgIpc) is 3.16. The smallest absolute Gasteiger partial charge is 0.255 e. The van der Waals surface area contributed by atoms with Crippen LogP contribution in [0.5, 0.6) is 0 Å². The Morgan fingerprint density at radius 3 is 2.92 bits per heavy atom. The van der Waals surface area contributed by atoms with Gasteiger partial charge in [-0.2, -0.15) is 5.10 Å².